The summed E-state index contributed by atoms with van der Waals surface area (Å²) >= 11 is 2.98. The molecule has 0 aliphatic carbocycles. The lowest BCUT2D eigenvalue weighted by Crippen LogP contribution is -2.18. The molecule has 0 aliphatic rings. The van der Waals surface area contributed by atoms with Gasteiger partial charge in [-0.1, -0.05) is 6.07 Å². The Morgan fingerprint density at radius 2 is 1.93 bits per heavy atom. The highest BCUT2D eigenvalue weighted by Gasteiger charge is 2.33. The van der Waals surface area contributed by atoms with Gasteiger partial charge in [0.25, 0.3) is 0 Å². The van der Waals surface area contributed by atoms with Gasteiger partial charge in [0, 0.05) is 0 Å². The minimum atomic E-state index is -4.73. The van der Waals surface area contributed by atoms with Crippen LogP contribution in [-0.4, -0.2) is 6.36 Å². The lowest BCUT2D eigenvalue weighted by Gasteiger charge is -2.13. The van der Waals surface area contributed by atoms with Crippen molar-refractivity contribution in [2.45, 2.75) is 13.3 Å². The molecule has 0 radical (unpaired) electrons. The number of rotatable bonds is 1. The van der Waals surface area contributed by atoms with Crippen molar-refractivity contribution in [1.82, 2.24) is 0 Å². The van der Waals surface area contributed by atoms with Crippen molar-refractivity contribution in [3.05, 3.63) is 22.2 Å². The van der Waals surface area contributed by atoms with Gasteiger partial charge in [-0.3, -0.25) is 0 Å². The average molecular weight is 270 g/mol. The van der Waals surface area contributed by atoms with Crippen LogP contribution in [0.2, 0.25) is 0 Å². The summed E-state index contributed by atoms with van der Waals surface area (Å²) in [7, 11) is 0. The summed E-state index contributed by atoms with van der Waals surface area (Å²) in [5.74, 6) is -0.391. The quantitative estimate of drug-likeness (QED) is 0.795. The molecule has 0 saturated heterocycles. The summed E-state index contributed by atoms with van der Waals surface area (Å²) in [5.41, 5.74) is 5.91. The van der Waals surface area contributed by atoms with Gasteiger partial charge in [-0.05, 0) is 34.5 Å². The number of hydrogen-bond donors (Lipinski definition) is 1. The molecule has 0 amide bonds. The maximum Gasteiger partial charge on any atom is 0.573 e. The van der Waals surface area contributed by atoms with Crippen LogP contribution in [0.3, 0.4) is 0 Å². The van der Waals surface area contributed by atoms with E-state index < -0.39 is 12.1 Å². The second kappa shape index (κ2) is 3.68. The highest BCUT2D eigenvalue weighted by molar-refractivity contribution is 9.10. The summed E-state index contributed by atoms with van der Waals surface area (Å²) in [6.45, 7) is 1.65. The summed E-state index contributed by atoms with van der Waals surface area (Å²) in [4.78, 5) is 0. The normalized spacial score (nSPS) is 11.5. The molecule has 0 fully saturated rings. The maximum absolute atomic E-state index is 11.9. The molecule has 0 spiro atoms. The van der Waals surface area contributed by atoms with Crippen molar-refractivity contribution in [2.75, 3.05) is 5.73 Å². The molecule has 0 aromatic heterocycles. The van der Waals surface area contributed by atoms with E-state index >= 15 is 0 Å². The van der Waals surface area contributed by atoms with Gasteiger partial charge in [0.2, 0.25) is 0 Å². The van der Waals surface area contributed by atoms with E-state index in [0.29, 0.717) is 5.56 Å². The fourth-order valence-electron chi connectivity index (χ4n) is 0.889. The van der Waals surface area contributed by atoms with Crippen LogP contribution in [0, 0.1) is 6.92 Å². The molecule has 0 saturated carbocycles. The van der Waals surface area contributed by atoms with Crippen LogP contribution in [0.4, 0.5) is 18.9 Å². The Labute approximate surface area is 87.0 Å². The minimum absolute atomic E-state index is 0.0557. The molecule has 1 aromatic rings. The number of aryl methyl sites for hydroxylation is 1. The maximum atomic E-state index is 11.9. The lowest BCUT2D eigenvalue weighted by molar-refractivity contribution is -0.274. The largest absolute Gasteiger partial charge is 0.573 e. The lowest BCUT2D eigenvalue weighted by atomic mass is 10.2. The van der Waals surface area contributed by atoms with Crippen molar-refractivity contribution in [3.63, 3.8) is 0 Å². The van der Waals surface area contributed by atoms with Crippen LogP contribution in [-0.2, 0) is 0 Å². The van der Waals surface area contributed by atoms with Crippen molar-refractivity contribution in [3.8, 4) is 5.75 Å². The molecule has 0 heterocycles. The molecule has 0 unspecified atom stereocenters. The molecule has 78 valence electrons. The Morgan fingerprint density at radius 3 is 2.43 bits per heavy atom. The predicted octanol–water partition coefficient (Wildman–Crippen LogP) is 3.24. The zero-order valence-corrected chi connectivity index (χ0v) is 8.74. The van der Waals surface area contributed by atoms with Crippen molar-refractivity contribution in [2.24, 2.45) is 0 Å². The number of anilines is 1. The average Bonchev–Trinajstić information content (AvgIpc) is 2.04. The number of ether oxygens (including phenoxy) is 1. The third-order valence-electron chi connectivity index (χ3n) is 1.54. The third kappa shape index (κ3) is 2.54. The first-order chi connectivity index (χ1) is 6.31. The van der Waals surface area contributed by atoms with Gasteiger partial charge in [0.15, 0.2) is 5.75 Å². The van der Waals surface area contributed by atoms with Gasteiger partial charge >= 0.3 is 6.36 Å². The van der Waals surface area contributed by atoms with E-state index in [-0.39, 0.29) is 10.2 Å². The molecule has 2 N–H and O–H groups in total. The second-order valence-corrected chi connectivity index (χ2v) is 3.46. The smallest absolute Gasteiger partial charge is 0.402 e. The number of nitrogens with two attached hydrogens (primary N) is 1. The van der Waals surface area contributed by atoms with Gasteiger partial charge in [0.1, 0.15) is 0 Å². The van der Waals surface area contributed by atoms with E-state index in [1.807, 2.05) is 0 Å². The molecule has 0 bridgehead atoms. The number of benzene rings is 1. The van der Waals surface area contributed by atoms with Gasteiger partial charge in [-0.15, -0.1) is 13.2 Å². The standard InChI is InChI=1S/C8H7BrF3NO/c1-4-2-3-5(13)7(6(4)9)14-8(10,11)12/h2-3H,13H2,1H3. The third-order valence-corrected chi connectivity index (χ3v) is 2.52. The van der Waals surface area contributed by atoms with E-state index in [4.69, 9.17) is 5.73 Å². The Balaban J connectivity index is 3.13. The van der Waals surface area contributed by atoms with Crippen LogP contribution < -0.4 is 10.5 Å². The molecule has 1 rings (SSSR count). The number of hydrogen-bond acceptors (Lipinski definition) is 2. The Hall–Kier alpha value is -0.910. The van der Waals surface area contributed by atoms with E-state index in [0.717, 1.165) is 0 Å². The zero-order chi connectivity index (χ0) is 10.9. The first kappa shape index (κ1) is 11.2. The molecular formula is C8H7BrF3NO. The molecule has 0 aliphatic heterocycles. The monoisotopic (exact) mass is 269 g/mol. The van der Waals surface area contributed by atoms with E-state index in [2.05, 4.69) is 20.7 Å². The zero-order valence-electron chi connectivity index (χ0n) is 7.15. The molecular weight excluding hydrogens is 263 g/mol. The second-order valence-electron chi connectivity index (χ2n) is 2.66. The van der Waals surface area contributed by atoms with Crippen LogP contribution in [0.25, 0.3) is 0 Å². The highest BCUT2D eigenvalue weighted by Crippen LogP contribution is 2.37. The first-order valence-electron chi connectivity index (χ1n) is 3.61. The Morgan fingerprint density at radius 1 is 1.36 bits per heavy atom. The van der Waals surface area contributed by atoms with Crippen LogP contribution in [0.5, 0.6) is 5.75 Å². The Kier molecular flexibility index (Phi) is 2.94. The SMILES string of the molecule is Cc1ccc(N)c(OC(F)(F)F)c1Br. The molecule has 2 nitrogen and oxygen atoms in total. The fraction of sp³-hybridized carbons (Fsp3) is 0.250. The molecule has 6 heteroatoms. The fourth-order valence-corrected chi connectivity index (χ4v) is 1.33. The Bertz CT molecular complexity index is 351. The summed E-state index contributed by atoms with van der Waals surface area (Å²) < 4.78 is 39.8. The van der Waals surface area contributed by atoms with Crippen molar-refractivity contribution < 1.29 is 17.9 Å². The van der Waals surface area contributed by atoms with E-state index in [1.165, 1.54) is 6.07 Å². The van der Waals surface area contributed by atoms with Gasteiger partial charge in [0.05, 0.1) is 10.2 Å². The summed E-state index contributed by atoms with van der Waals surface area (Å²) in [5, 5.41) is 0. The van der Waals surface area contributed by atoms with Gasteiger partial charge in [-0.25, -0.2) is 0 Å². The molecule has 14 heavy (non-hydrogen) atoms. The van der Waals surface area contributed by atoms with Crippen molar-refractivity contribution in [1.29, 1.82) is 0 Å². The molecule has 1 aromatic carbocycles. The van der Waals surface area contributed by atoms with Crippen LogP contribution in [0.15, 0.2) is 16.6 Å². The molecule has 0 atom stereocenters. The van der Waals surface area contributed by atoms with E-state index in [1.54, 1.807) is 13.0 Å². The number of halogens is 4. The van der Waals surface area contributed by atoms with Crippen LogP contribution in [0.1, 0.15) is 5.56 Å². The highest BCUT2D eigenvalue weighted by atomic mass is 79.9. The van der Waals surface area contributed by atoms with Gasteiger partial charge < -0.3 is 10.5 Å². The van der Waals surface area contributed by atoms with Gasteiger partial charge in [-0.2, -0.15) is 0 Å². The summed E-state index contributed by atoms with van der Waals surface area (Å²) in [6, 6.07) is 2.96. The number of nitrogen functional groups attached to an aromatic ring is 1. The topological polar surface area (TPSA) is 35.2 Å². The summed E-state index contributed by atoms with van der Waals surface area (Å²) in [6.07, 6.45) is -4.73. The van der Waals surface area contributed by atoms with Crippen LogP contribution >= 0.6 is 15.9 Å². The number of alkyl halides is 3. The van der Waals surface area contributed by atoms with E-state index in [9.17, 15) is 13.2 Å². The predicted molar refractivity (Wildman–Crippen MR) is 50.0 cm³/mol. The first-order valence-corrected chi connectivity index (χ1v) is 4.41. The van der Waals surface area contributed by atoms with Crippen molar-refractivity contribution >= 4 is 21.6 Å². The minimum Gasteiger partial charge on any atom is -0.402 e.